The van der Waals surface area contributed by atoms with E-state index >= 15 is 0 Å². The zero-order valence-electron chi connectivity index (χ0n) is 14.0. The van der Waals surface area contributed by atoms with Crippen molar-refractivity contribution in [3.63, 3.8) is 0 Å². The number of hydrogen-bond donors (Lipinski definition) is 2. The molecule has 0 aliphatic carbocycles. The highest BCUT2D eigenvalue weighted by atomic mass is 127. The molecule has 2 rings (SSSR count). The average molecular weight is 436 g/mol. The van der Waals surface area contributed by atoms with Crippen LogP contribution in [0.1, 0.15) is 46.5 Å². The zero-order chi connectivity index (χ0) is 17.7. The second-order valence-corrected chi connectivity index (χ2v) is 6.93. The van der Waals surface area contributed by atoms with E-state index in [1.54, 1.807) is 30.3 Å². The predicted molar refractivity (Wildman–Crippen MR) is 106 cm³/mol. The van der Waals surface area contributed by atoms with Gasteiger partial charge in [-0.05, 0) is 67.1 Å². The minimum Gasteiger partial charge on any atom is -0.350 e. The maximum absolute atomic E-state index is 12.6. The summed E-state index contributed by atoms with van der Waals surface area (Å²) < 4.78 is 0.881. The number of para-hydroxylation sites is 1. The summed E-state index contributed by atoms with van der Waals surface area (Å²) in [5.41, 5.74) is 2.68. The van der Waals surface area contributed by atoms with Gasteiger partial charge < -0.3 is 10.6 Å². The second kappa shape index (κ2) is 8.28. The van der Waals surface area contributed by atoms with Crippen LogP contribution in [-0.4, -0.2) is 17.9 Å². The van der Waals surface area contributed by atoms with Crippen LogP contribution < -0.4 is 10.6 Å². The summed E-state index contributed by atoms with van der Waals surface area (Å²) in [6, 6.07) is 12.8. The number of halogens is 1. The largest absolute Gasteiger partial charge is 0.350 e. The molecule has 0 heterocycles. The molecule has 0 radical (unpaired) electrons. The third kappa shape index (κ3) is 4.56. The first-order valence-electron chi connectivity index (χ1n) is 7.89. The van der Waals surface area contributed by atoms with E-state index < -0.39 is 0 Å². The van der Waals surface area contributed by atoms with Crippen molar-refractivity contribution in [2.75, 3.05) is 5.32 Å². The molecule has 1 unspecified atom stereocenters. The fourth-order valence-electron chi connectivity index (χ4n) is 2.19. The van der Waals surface area contributed by atoms with E-state index in [0.717, 1.165) is 15.6 Å². The Morgan fingerprint density at radius 1 is 1.08 bits per heavy atom. The summed E-state index contributed by atoms with van der Waals surface area (Å²) in [4.78, 5) is 25.0. The average Bonchev–Trinajstić information content (AvgIpc) is 2.54. The molecule has 0 spiro atoms. The van der Waals surface area contributed by atoms with Gasteiger partial charge in [-0.25, -0.2) is 0 Å². The fourth-order valence-corrected chi connectivity index (χ4v) is 3.10. The highest BCUT2D eigenvalue weighted by Gasteiger charge is 2.16. The number of aryl methyl sites for hydroxylation is 1. The Balaban J connectivity index is 2.23. The molecule has 0 aliphatic rings. The van der Waals surface area contributed by atoms with Crippen LogP contribution in [0.2, 0.25) is 0 Å². The molecule has 0 aromatic heterocycles. The molecule has 126 valence electrons. The Kier molecular flexibility index (Phi) is 6.36. The van der Waals surface area contributed by atoms with E-state index in [9.17, 15) is 9.59 Å². The summed E-state index contributed by atoms with van der Waals surface area (Å²) >= 11 is 2.15. The first-order valence-corrected chi connectivity index (χ1v) is 8.97. The lowest BCUT2D eigenvalue weighted by Gasteiger charge is -2.15. The topological polar surface area (TPSA) is 58.2 Å². The monoisotopic (exact) mass is 436 g/mol. The molecular weight excluding hydrogens is 415 g/mol. The molecule has 2 aromatic carbocycles. The molecular formula is C19H21IN2O2. The molecule has 0 bridgehead atoms. The Bertz CT molecular complexity index is 759. The van der Waals surface area contributed by atoms with Crippen molar-refractivity contribution in [1.29, 1.82) is 0 Å². The Hall–Kier alpha value is -1.89. The van der Waals surface area contributed by atoms with Crippen LogP contribution >= 0.6 is 22.6 Å². The van der Waals surface area contributed by atoms with Gasteiger partial charge in [-0.3, -0.25) is 9.59 Å². The third-order valence-electron chi connectivity index (χ3n) is 3.78. The number of carbonyl (C=O) groups excluding carboxylic acids is 2. The number of amides is 2. The lowest BCUT2D eigenvalue weighted by atomic mass is 10.1. The van der Waals surface area contributed by atoms with E-state index in [1.165, 1.54) is 0 Å². The molecule has 2 amide bonds. The quantitative estimate of drug-likeness (QED) is 0.684. The Morgan fingerprint density at radius 3 is 2.46 bits per heavy atom. The summed E-state index contributed by atoms with van der Waals surface area (Å²) in [5, 5.41) is 5.78. The van der Waals surface area contributed by atoms with Crippen molar-refractivity contribution in [3.8, 4) is 0 Å². The van der Waals surface area contributed by atoms with Crippen molar-refractivity contribution in [2.45, 2.75) is 33.2 Å². The van der Waals surface area contributed by atoms with Gasteiger partial charge in [-0.15, -0.1) is 0 Å². The molecule has 0 fully saturated rings. The number of nitrogens with one attached hydrogen (secondary N) is 2. The standard InChI is InChI=1S/C19H21IN2O2/c1-4-13(3)21-19(24)15-7-5-6-8-17(15)22-18(23)14-10-9-12(2)11-16(14)20/h5-11,13H,4H2,1-3H3,(H,21,24)(H,22,23). The van der Waals surface area contributed by atoms with Gasteiger partial charge in [-0.1, -0.05) is 30.7 Å². The normalized spacial score (nSPS) is 11.7. The van der Waals surface area contributed by atoms with Crippen LogP contribution in [0, 0.1) is 10.5 Å². The Morgan fingerprint density at radius 2 is 1.79 bits per heavy atom. The van der Waals surface area contributed by atoms with E-state index in [2.05, 4.69) is 33.2 Å². The number of carbonyl (C=O) groups is 2. The lowest BCUT2D eigenvalue weighted by Crippen LogP contribution is -2.32. The summed E-state index contributed by atoms with van der Waals surface area (Å²) in [5.74, 6) is -0.401. The molecule has 0 aliphatic heterocycles. The molecule has 4 nitrogen and oxygen atoms in total. The van der Waals surface area contributed by atoms with Crippen LogP contribution in [0.15, 0.2) is 42.5 Å². The van der Waals surface area contributed by atoms with E-state index in [-0.39, 0.29) is 17.9 Å². The van der Waals surface area contributed by atoms with Crippen molar-refractivity contribution in [3.05, 3.63) is 62.7 Å². The van der Waals surface area contributed by atoms with E-state index in [0.29, 0.717) is 16.8 Å². The number of hydrogen-bond acceptors (Lipinski definition) is 2. The summed E-state index contributed by atoms with van der Waals surface area (Å²) in [7, 11) is 0. The maximum atomic E-state index is 12.6. The molecule has 0 saturated carbocycles. The van der Waals surface area contributed by atoms with Crippen LogP contribution in [-0.2, 0) is 0 Å². The van der Waals surface area contributed by atoms with Crippen molar-refractivity contribution in [1.82, 2.24) is 5.32 Å². The lowest BCUT2D eigenvalue weighted by molar-refractivity contribution is 0.0940. The second-order valence-electron chi connectivity index (χ2n) is 5.77. The van der Waals surface area contributed by atoms with Crippen molar-refractivity contribution >= 4 is 40.1 Å². The number of anilines is 1. The van der Waals surface area contributed by atoms with Gasteiger partial charge in [0.05, 0.1) is 16.8 Å². The molecule has 24 heavy (non-hydrogen) atoms. The molecule has 2 aromatic rings. The molecule has 2 N–H and O–H groups in total. The van der Waals surface area contributed by atoms with E-state index in [1.807, 2.05) is 32.9 Å². The zero-order valence-corrected chi connectivity index (χ0v) is 16.2. The van der Waals surface area contributed by atoms with Gasteiger partial charge in [0, 0.05) is 9.61 Å². The summed E-state index contributed by atoms with van der Waals surface area (Å²) in [6.45, 7) is 5.95. The Labute approximate surface area is 156 Å². The highest BCUT2D eigenvalue weighted by molar-refractivity contribution is 14.1. The van der Waals surface area contributed by atoms with Gasteiger partial charge in [0.2, 0.25) is 0 Å². The van der Waals surface area contributed by atoms with Crippen molar-refractivity contribution < 1.29 is 9.59 Å². The SMILES string of the molecule is CCC(C)NC(=O)c1ccccc1NC(=O)c1ccc(C)cc1I. The van der Waals surface area contributed by atoms with Crippen LogP contribution in [0.4, 0.5) is 5.69 Å². The molecule has 1 atom stereocenters. The minimum absolute atomic E-state index is 0.0827. The van der Waals surface area contributed by atoms with Gasteiger partial charge in [0.1, 0.15) is 0 Å². The minimum atomic E-state index is -0.219. The van der Waals surface area contributed by atoms with Gasteiger partial charge in [-0.2, -0.15) is 0 Å². The van der Waals surface area contributed by atoms with E-state index in [4.69, 9.17) is 0 Å². The fraction of sp³-hybridized carbons (Fsp3) is 0.263. The van der Waals surface area contributed by atoms with Crippen LogP contribution in [0.25, 0.3) is 0 Å². The highest BCUT2D eigenvalue weighted by Crippen LogP contribution is 2.19. The number of benzene rings is 2. The molecule has 0 saturated heterocycles. The summed E-state index contributed by atoms with van der Waals surface area (Å²) in [6.07, 6.45) is 0.849. The molecule has 5 heteroatoms. The smallest absolute Gasteiger partial charge is 0.256 e. The van der Waals surface area contributed by atoms with Crippen LogP contribution in [0.3, 0.4) is 0 Å². The van der Waals surface area contributed by atoms with Gasteiger partial charge in [0.15, 0.2) is 0 Å². The number of rotatable bonds is 5. The first-order chi connectivity index (χ1) is 11.4. The first kappa shape index (κ1) is 18.4. The van der Waals surface area contributed by atoms with Crippen LogP contribution in [0.5, 0.6) is 0 Å². The third-order valence-corrected chi connectivity index (χ3v) is 4.67. The van der Waals surface area contributed by atoms with Gasteiger partial charge in [0.25, 0.3) is 11.8 Å². The van der Waals surface area contributed by atoms with Gasteiger partial charge >= 0.3 is 0 Å². The maximum Gasteiger partial charge on any atom is 0.256 e. The predicted octanol–water partition coefficient (Wildman–Crippen LogP) is 4.38. The van der Waals surface area contributed by atoms with Crippen molar-refractivity contribution in [2.24, 2.45) is 0 Å².